The van der Waals surface area contributed by atoms with Crippen molar-refractivity contribution in [2.75, 3.05) is 0 Å². The van der Waals surface area contributed by atoms with Gasteiger partial charge >= 0.3 is 5.69 Å². The smallest absolute Gasteiger partial charge is 0.318 e. The molecule has 0 aliphatic carbocycles. The van der Waals surface area contributed by atoms with Crippen LogP contribution < -0.4 is 0 Å². The monoisotopic (exact) mass is 266 g/mol. The van der Waals surface area contributed by atoms with E-state index in [1.807, 2.05) is 0 Å². The van der Waals surface area contributed by atoms with Crippen LogP contribution >= 0.6 is 11.3 Å². The molecule has 0 fully saturated rings. The number of non-ortho nitro benzene ring substituents is 1. The van der Waals surface area contributed by atoms with Gasteiger partial charge in [0.05, 0.1) is 15.9 Å². The Morgan fingerprint density at radius 2 is 1.89 bits per heavy atom. The summed E-state index contributed by atoms with van der Waals surface area (Å²) < 4.78 is 0. The maximum atomic E-state index is 10.7. The van der Waals surface area contributed by atoms with Crippen LogP contribution in [0.2, 0.25) is 0 Å². The molecule has 1 heterocycles. The number of phenols is 1. The number of hydrogen-bond donors (Lipinski definition) is 1. The number of rotatable bonds is 3. The van der Waals surface area contributed by atoms with Gasteiger partial charge in [-0.1, -0.05) is 6.07 Å². The molecule has 1 aromatic heterocycles. The lowest BCUT2D eigenvalue weighted by molar-refractivity contribution is -0.394. The summed E-state index contributed by atoms with van der Waals surface area (Å²) in [6, 6.07) is 5.16. The standard InChI is InChI=1S/C10H6N2O5S/c13-10-7(9-2-1-3-18-9)4-6(11(14)15)5-8(10)12(16)17/h1-5,13H. The van der Waals surface area contributed by atoms with Crippen molar-refractivity contribution in [1.29, 1.82) is 0 Å². The van der Waals surface area contributed by atoms with E-state index in [9.17, 15) is 25.3 Å². The van der Waals surface area contributed by atoms with Gasteiger partial charge in [0.25, 0.3) is 5.69 Å². The van der Waals surface area contributed by atoms with Crippen LogP contribution in [0, 0.1) is 20.2 Å². The Balaban J connectivity index is 2.72. The molecule has 92 valence electrons. The molecule has 0 saturated heterocycles. The van der Waals surface area contributed by atoms with E-state index in [4.69, 9.17) is 0 Å². The lowest BCUT2D eigenvalue weighted by atomic mass is 10.1. The van der Waals surface area contributed by atoms with Crippen molar-refractivity contribution in [3.8, 4) is 16.2 Å². The van der Waals surface area contributed by atoms with Gasteiger partial charge in [-0.3, -0.25) is 20.2 Å². The van der Waals surface area contributed by atoms with Crippen molar-refractivity contribution in [3.05, 3.63) is 49.9 Å². The fourth-order valence-electron chi connectivity index (χ4n) is 1.47. The summed E-state index contributed by atoms with van der Waals surface area (Å²) in [4.78, 5) is 20.4. The zero-order chi connectivity index (χ0) is 13.3. The van der Waals surface area contributed by atoms with Crippen molar-refractivity contribution < 1.29 is 15.0 Å². The van der Waals surface area contributed by atoms with Gasteiger partial charge in [-0.25, -0.2) is 0 Å². The molecular weight excluding hydrogens is 260 g/mol. The number of nitro benzene ring substituents is 2. The number of hydrogen-bond acceptors (Lipinski definition) is 6. The van der Waals surface area contributed by atoms with Crippen LogP contribution in [0.4, 0.5) is 11.4 Å². The predicted molar refractivity (Wildman–Crippen MR) is 64.7 cm³/mol. The highest BCUT2D eigenvalue weighted by Crippen LogP contribution is 2.41. The molecule has 0 atom stereocenters. The van der Waals surface area contributed by atoms with Gasteiger partial charge < -0.3 is 5.11 Å². The molecule has 0 saturated carbocycles. The average Bonchev–Trinajstić information content (AvgIpc) is 2.81. The zero-order valence-electron chi connectivity index (χ0n) is 8.77. The molecule has 8 heteroatoms. The van der Waals surface area contributed by atoms with E-state index in [1.54, 1.807) is 17.5 Å². The first-order chi connectivity index (χ1) is 8.50. The fourth-order valence-corrected chi connectivity index (χ4v) is 2.21. The second-order valence-corrected chi connectivity index (χ2v) is 4.30. The molecule has 0 radical (unpaired) electrons. The van der Waals surface area contributed by atoms with Crippen molar-refractivity contribution in [2.24, 2.45) is 0 Å². The average molecular weight is 266 g/mol. The Morgan fingerprint density at radius 3 is 2.39 bits per heavy atom. The summed E-state index contributed by atoms with van der Waals surface area (Å²) in [5.41, 5.74) is -1.01. The van der Waals surface area contributed by atoms with Crippen LogP contribution in [0.1, 0.15) is 0 Å². The molecule has 2 rings (SSSR count). The Morgan fingerprint density at radius 1 is 1.17 bits per heavy atom. The number of phenolic OH excluding ortho intramolecular Hbond substituents is 1. The Hall–Kier alpha value is -2.48. The topological polar surface area (TPSA) is 107 Å². The second kappa shape index (κ2) is 4.41. The zero-order valence-corrected chi connectivity index (χ0v) is 9.59. The number of benzene rings is 1. The molecule has 0 unspecified atom stereocenters. The molecule has 0 amide bonds. The van der Waals surface area contributed by atoms with E-state index in [0.717, 1.165) is 12.1 Å². The Kier molecular flexibility index (Phi) is 2.94. The van der Waals surface area contributed by atoms with Crippen LogP contribution in [0.15, 0.2) is 29.6 Å². The minimum absolute atomic E-state index is 0.0888. The molecule has 0 bridgehead atoms. The van der Waals surface area contributed by atoms with E-state index in [-0.39, 0.29) is 5.56 Å². The van der Waals surface area contributed by atoms with Gasteiger partial charge in [0.2, 0.25) is 5.75 Å². The first kappa shape index (κ1) is 12.0. The Bertz CT molecular complexity index is 623. The van der Waals surface area contributed by atoms with Gasteiger partial charge in [-0.05, 0) is 11.4 Å². The predicted octanol–water partition coefficient (Wildman–Crippen LogP) is 2.94. The van der Waals surface area contributed by atoms with E-state index < -0.39 is 27.0 Å². The van der Waals surface area contributed by atoms with E-state index in [1.165, 1.54) is 11.3 Å². The van der Waals surface area contributed by atoms with Crippen molar-refractivity contribution in [2.45, 2.75) is 0 Å². The second-order valence-electron chi connectivity index (χ2n) is 3.35. The van der Waals surface area contributed by atoms with Crippen molar-refractivity contribution in [3.63, 3.8) is 0 Å². The van der Waals surface area contributed by atoms with Gasteiger partial charge in [-0.2, -0.15) is 0 Å². The first-order valence-corrected chi connectivity index (χ1v) is 5.58. The molecule has 0 aliphatic rings. The van der Waals surface area contributed by atoms with Crippen LogP contribution in [0.5, 0.6) is 5.75 Å². The summed E-state index contributed by atoms with van der Waals surface area (Å²) in [6.07, 6.45) is 0. The summed E-state index contributed by atoms with van der Waals surface area (Å²) >= 11 is 1.23. The summed E-state index contributed by atoms with van der Waals surface area (Å²) in [6.45, 7) is 0. The lowest BCUT2D eigenvalue weighted by Crippen LogP contribution is -1.94. The van der Waals surface area contributed by atoms with Crippen molar-refractivity contribution >= 4 is 22.7 Å². The van der Waals surface area contributed by atoms with Crippen LogP contribution in [0.25, 0.3) is 10.4 Å². The highest BCUT2D eigenvalue weighted by Gasteiger charge is 2.24. The molecule has 0 spiro atoms. The van der Waals surface area contributed by atoms with Crippen LogP contribution in [-0.4, -0.2) is 15.0 Å². The summed E-state index contributed by atoms with van der Waals surface area (Å²) in [7, 11) is 0. The molecule has 2 aromatic rings. The van der Waals surface area contributed by atoms with E-state index >= 15 is 0 Å². The number of nitrogens with zero attached hydrogens (tertiary/aromatic N) is 2. The van der Waals surface area contributed by atoms with E-state index in [2.05, 4.69) is 0 Å². The molecule has 0 aliphatic heterocycles. The number of nitro groups is 2. The Labute approximate surface area is 104 Å². The molecule has 1 N–H and O–H groups in total. The van der Waals surface area contributed by atoms with Crippen LogP contribution in [0.3, 0.4) is 0 Å². The lowest BCUT2D eigenvalue weighted by Gasteiger charge is -2.03. The van der Waals surface area contributed by atoms with E-state index in [0.29, 0.717) is 4.88 Å². The highest BCUT2D eigenvalue weighted by molar-refractivity contribution is 7.13. The fraction of sp³-hybridized carbons (Fsp3) is 0. The third-order valence-electron chi connectivity index (χ3n) is 2.27. The molecule has 1 aromatic carbocycles. The van der Waals surface area contributed by atoms with Gasteiger partial charge in [-0.15, -0.1) is 11.3 Å². The highest BCUT2D eigenvalue weighted by atomic mass is 32.1. The third-order valence-corrected chi connectivity index (χ3v) is 3.17. The molecule has 7 nitrogen and oxygen atoms in total. The SMILES string of the molecule is O=[N+]([O-])c1cc(-c2cccs2)c(O)c([N+](=O)[O-])c1. The number of thiophene rings is 1. The third kappa shape index (κ3) is 2.00. The van der Waals surface area contributed by atoms with Crippen LogP contribution in [-0.2, 0) is 0 Å². The largest absolute Gasteiger partial charge is 0.502 e. The number of aromatic hydroxyl groups is 1. The van der Waals surface area contributed by atoms with Gasteiger partial charge in [0, 0.05) is 16.5 Å². The minimum atomic E-state index is -0.848. The van der Waals surface area contributed by atoms with Gasteiger partial charge in [0.1, 0.15) is 0 Å². The summed E-state index contributed by atoms with van der Waals surface area (Å²) in [5.74, 6) is -0.562. The maximum Gasteiger partial charge on any atom is 0.318 e. The van der Waals surface area contributed by atoms with Gasteiger partial charge in [0.15, 0.2) is 0 Å². The molecular formula is C10H6N2O5S. The first-order valence-electron chi connectivity index (χ1n) is 4.70. The van der Waals surface area contributed by atoms with Crippen molar-refractivity contribution in [1.82, 2.24) is 0 Å². The normalized spacial score (nSPS) is 10.2. The minimum Gasteiger partial charge on any atom is -0.502 e. The molecule has 18 heavy (non-hydrogen) atoms. The quantitative estimate of drug-likeness (QED) is 0.678. The maximum absolute atomic E-state index is 10.7. The summed E-state index contributed by atoms with van der Waals surface area (Å²) in [5, 5.41) is 32.9.